The lowest BCUT2D eigenvalue weighted by Crippen LogP contribution is -2.01. The second-order valence-electron chi connectivity index (χ2n) is 2.62. The fraction of sp³-hybridized carbons (Fsp3) is 0.444. The SMILES string of the molecule is CCCOCc1occc1C(=O)O. The van der Waals surface area contributed by atoms with Crippen LogP contribution in [0.5, 0.6) is 0 Å². The van der Waals surface area contributed by atoms with Crippen LogP contribution in [0.4, 0.5) is 0 Å². The molecule has 4 nitrogen and oxygen atoms in total. The van der Waals surface area contributed by atoms with Gasteiger partial charge in [0, 0.05) is 6.61 Å². The Labute approximate surface area is 76.1 Å². The Balaban J connectivity index is 2.55. The minimum atomic E-state index is -0.983. The molecule has 0 radical (unpaired) electrons. The highest BCUT2D eigenvalue weighted by molar-refractivity contribution is 5.88. The Morgan fingerprint density at radius 2 is 2.46 bits per heavy atom. The summed E-state index contributed by atoms with van der Waals surface area (Å²) in [5.74, 6) is -0.607. The molecule has 0 aliphatic rings. The van der Waals surface area contributed by atoms with E-state index in [4.69, 9.17) is 14.3 Å². The molecule has 0 spiro atoms. The Hall–Kier alpha value is -1.29. The largest absolute Gasteiger partial charge is 0.478 e. The van der Waals surface area contributed by atoms with E-state index >= 15 is 0 Å². The number of aromatic carboxylic acids is 1. The van der Waals surface area contributed by atoms with Crippen LogP contribution in [0.15, 0.2) is 16.7 Å². The van der Waals surface area contributed by atoms with Crippen molar-refractivity contribution in [1.29, 1.82) is 0 Å². The van der Waals surface area contributed by atoms with Crippen molar-refractivity contribution in [2.45, 2.75) is 20.0 Å². The third-order valence-corrected chi connectivity index (χ3v) is 1.56. The number of carboxylic acids is 1. The number of carboxylic acid groups (broad SMARTS) is 1. The van der Waals surface area contributed by atoms with Crippen molar-refractivity contribution in [2.24, 2.45) is 0 Å². The van der Waals surface area contributed by atoms with Gasteiger partial charge in [0.2, 0.25) is 0 Å². The molecule has 72 valence electrons. The minimum absolute atomic E-state index is 0.177. The lowest BCUT2D eigenvalue weighted by molar-refractivity contribution is 0.0679. The molecule has 1 heterocycles. The number of carbonyl (C=O) groups is 1. The maximum Gasteiger partial charge on any atom is 0.339 e. The van der Waals surface area contributed by atoms with Gasteiger partial charge >= 0.3 is 5.97 Å². The fourth-order valence-electron chi connectivity index (χ4n) is 0.952. The summed E-state index contributed by atoms with van der Waals surface area (Å²) in [4.78, 5) is 10.6. The van der Waals surface area contributed by atoms with Gasteiger partial charge in [0.25, 0.3) is 0 Å². The van der Waals surface area contributed by atoms with Crippen molar-refractivity contribution < 1.29 is 19.1 Å². The van der Waals surface area contributed by atoms with E-state index in [0.717, 1.165) is 6.42 Å². The van der Waals surface area contributed by atoms with Crippen molar-refractivity contribution >= 4 is 5.97 Å². The van der Waals surface area contributed by atoms with Gasteiger partial charge in [-0.05, 0) is 12.5 Å². The van der Waals surface area contributed by atoms with Crippen molar-refractivity contribution in [3.05, 3.63) is 23.7 Å². The van der Waals surface area contributed by atoms with Crippen LogP contribution < -0.4 is 0 Å². The van der Waals surface area contributed by atoms with Gasteiger partial charge in [-0.3, -0.25) is 0 Å². The first kappa shape index (κ1) is 9.80. The summed E-state index contributed by atoms with van der Waals surface area (Å²) in [6.45, 7) is 2.82. The lowest BCUT2D eigenvalue weighted by Gasteiger charge is -1.99. The van der Waals surface area contributed by atoms with Crippen LogP contribution in [-0.2, 0) is 11.3 Å². The van der Waals surface area contributed by atoms with Crippen LogP contribution in [0.2, 0.25) is 0 Å². The molecular weight excluding hydrogens is 172 g/mol. The van der Waals surface area contributed by atoms with Crippen LogP contribution in [0, 0.1) is 0 Å². The molecule has 0 aromatic carbocycles. The van der Waals surface area contributed by atoms with Crippen molar-refractivity contribution in [3.8, 4) is 0 Å². The molecule has 0 aliphatic heterocycles. The minimum Gasteiger partial charge on any atom is -0.478 e. The number of ether oxygens (including phenoxy) is 1. The van der Waals surface area contributed by atoms with Crippen LogP contribution >= 0.6 is 0 Å². The van der Waals surface area contributed by atoms with E-state index < -0.39 is 5.97 Å². The molecule has 1 rings (SSSR count). The van der Waals surface area contributed by atoms with Crippen LogP contribution in [0.3, 0.4) is 0 Å². The molecular formula is C9H12O4. The zero-order valence-corrected chi connectivity index (χ0v) is 7.45. The maximum absolute atomic E-state index is 10.6. The van der Waals surface area contributed by atoms with E-state index in [1.165, 1.54) is 12.3 Å². The number of rotatable bonds is 5. The first-order valence-corrected chi connectivity index (χ1v) is 4.13. The summed E-state index contributed by atoms with van der Waals surface area (Å²) >= 11 is 0. The van der Waals surface area contributed by atoms with Gasteiger partial charge < -0.3 is 14.3 Å². The maximum atomic E-state index is 10.6. The van der Waals surface area contributed by atoms with Crippen molar-refractivity contribution in [2.75, 3.05) is 6.61 Å². The van der Waals surface area contributed by atoms with Gasteiger partial charge in [-0.2, -0.15) is 0 Å². The highest BCUT2D eigenvalue weighted by Gasteiger charge is 2.12. The molecule has 0 atom stereocenters. The van der Waals surface area contributed by atoms with Gasteiger partial charge in [0.1, 0.15) is 17.9 Å². The van der Waals surface area contributed by atoms with Crippen molar-refractivity contribution in [1.82, 2.24) is 0 Å². The molecule has 1 aromatic rings. The molecule has 0 bridgehead atoms. The van der Waals surface area contributed by atoms with E-state index in [0.29, 0.717) is 12.4 Å². The van der Waals surface area contributed by atoms with Gasteiger partial charge in [-0.1, -0.05) is 6.92 Å². The van der Waals surface area contributed by atoms with E-state index in [9.17, 15) is 4.79 Å². The molecule has 4 heteroatoms. The van der Waals surface area contributed by atoms with Gasteiger partial charge in [-0.15, -0.1) is 0 Å². The third-order valence-electron chi connectivity index (χ3n) is 1.56. The normalized spacial score (nSPS) is 10.2. The fourth-order valence-corrected chi connectivity index (χ4v) is 0.952. The summed E-state index contributed by atoms with van der Waals surface area (Å²) in [5.41, 5.74) is 0.177. The van der Waals surface area contributed by atoms with E-state index in [-0.39, 0.29) is 12.2 Å². The van der Waals surface area contributed by atoms with E-state index in [1.54, 1.807) is 0 Å². The third kappa shape index (κ3) is 2.59. The first-order chi connectivity index (χ1) is 6.25. The molecule has 0 unspecified atom stereocenters. The van der Waals surface area contributed by atoms with Gasteiger partial charge in [0.05, 0.1) is 6.26 Å². The molecule has 13 heavy (non-hydrogen) atoms. The van der Waals surface area contributed by atoms with Gasteiger partial charge in [-0.25, -0.2) is 4.79 Å². The quantitative estimate of drug-likeness (QED) is 0.710. The molecule has 1 aromatic heterocycles. The van der Waals surface area contributed by atoms with Crippen LogP contribution in [-0.4, -0.2) is 17.7 Å². The summed E-state index contributed by atoms with van der Waals surface area (Å²) < 4.78 is 10.1. The van der Waals surface area contributed by atoms with Crippen LogP contribution in [0.1, 0.15) is 29.5 Å². The Morgan fingerprint density at radius 1 is 1.69 bits per heavy atom. The second-order valence-corrected chi connectivity index (χ2v) is 2.62. The molecule has 0 amide bonds. The highest BCUT2D eigenvalue weighted by Crippen LogP contribution is 2.11. The summed E-state index contributed by atoms with van der Waals surface area (Å²) in [5, 5.41) is 8.70. The van der Waals surface area contributed by atoms with Gasteiger partial charge in [0.15, 0.2) is 0 Å². The first-order valence-electron chi connectivity index (χ1n) is 4.13. The molecule has 0 aliphatic carbocycles. The Bertz CT molecular complexity index is 277. The zero-order valence-electron chi connectivity index (χ0n) is 7.45. The monoisotopic (exact) mass is 184 g/mol. The average Bonchev–Trinajstić information content (AvgIpc) is 2.53. The number of furan rings is 1. The molecule has 0 fully saturated rings. The zero-order chi connectivity index (χ0) is 9.68. The van der Waals surface area contributed by atoms with E-state index in [1.807, 2.05) is 6.92 Å². The Kier molecular flexibility index (Phi) is 3.52. The van der Waals surface area contributed by atoms with E-state index in [2.05, 4.69) is 0 Å². The standard InChI is InChI=1S/C9H12O4/c1-2-4-12-6-8-7(9(10)11)3-5-13-8/h3,5H,2,4,6H2,1H3,(H,10,11). The Morgan fingerprint density at radius 3 is 3.08 bits per heavy atom. The highest BCUT2D eigenvalue weighted by atomic mass is 16.5. The number of hydrogen-bond acceptors (Lipinski definition) is 3. The second kappa shape index (κ2) is 4.67. The molecule has 0 saturated carbocycles. The summed E-state index contributed by atoms with van der Waals surface area (Å²) in [6.07, 6.45) is 2.26. The van der Waals surface area contributed by atoms with Crippen molar-refractivity contribution in [3.63, 3.8) is 0 Å². The predicted molar refractivity (Wildman–Crippen MR) is 45.6 cm³/mol. The topological polar surface area (TPSA) is 59.7 Å². The average molecular weight is 184 g/mol. The smallest absolute Gasteiger partial charge is 0.339 e. The lowest BCUT2D eigenvalue weighted by atomic mass is 10.2. The van der Waals surface area contributed by atoms with Crippen LogP contribution in [0.25, 0.3) is 0 Å². The summed E-state index contributed by atoms with van der Waals surface area (Å²) in [6, 6.07) is 1.42. The molecule has 1 N–H and O–H groups in total. The predicted octanol–water partition coefficient (Wildman–Crippen LogP) is 1.90. The number of hydrogen-bond donors (Lipinski definition) is 1. The summed E-state index contributed by atoms with van der Waals surface area (Å²) in [7, 11) is 0. The molecule has 0 saturated heterocycles.